The minimum atomic E-state index is -0.841. The molecule has 2 nitrogen and oxygen atoms in total. The second-order valence-corrected chi connectivity index (χ2v) is 5.03. The molecule has 1 atom stereocenters. The zero-order chi connectivity index (χ0) is 14.1. The van der Waals surface area contributed by atoms with Crippen molar-refractivity contribution in [2.45, 2.75) is 12.5 Å². The van der Waals surface area contributed by atoms with Crippen LogP contribution in [0.5, 0.6) is 0 Å². The first kappa shape index (κ1) is 13.2. The fourth-order valence-electron chi connectivity index (χ4n) is 2.28. The summed E-state index contributed by atoms with van der Waals surface area (Å²) in [4.78, 5) is 0. The van der Waals surface area contributed by atoms with E-state index in [2.05, 4.69) is 0 Å². The highest BCUT2D eigenvalue weighted by Gasteiger charge is 2.17. The van der Waals surface area contributed by atoms with Crippen LogP contribution < -0.4 is 0 Å². The average molecular weight is 291 g/mol. The van der Waals surface area contributed by atoms with Gasteiger partial charge in [-0.1, -0.05) is 41.9 Å². The molecule has 0 spiro atoms. The molecular formula is C16H12ClFO2. The third-order valence-corrected chi connectivity index (χ3v) is 3.61. The maximum absolute atomic E-state index is 13.9. The Hall–Kier alpha value is -1.84. The van der Waals surface area contributed by atoms with Crippen molar-refractivity contribution in [1.82, 2.24) is 0 Å². The molecule has 1 N–H and O–H groups in total. The lowest BCUT2D eigenvalue weighted by atomic mass is 10.0. The Labute approximate surface area is 120 Å². The van der Waals surface area contributed by atoms with Crippen LogP contribution in [0.4, 0.5) is 4.39 Å². The van der Waals surface area contributed by atoms with E-state index in [1.54, 1.807) is 12.1 Å². The van der Waals surface area contributed by atoms with Crippen molar-refractivity contribution in [3.8, 4) is 0 Å². The number of aliphatic hydroxyl groups excluding tert-OH is 1. The molecule has 3 rings (SSSR count). The molecule has 0 fully saturated rings. The highest BCUT2D eigenvalue weighted by atomic mass is 35.5. The van der Waals surface area contributed by atoms with Gasteiger partial charge in [0.1, 0.15) is 11.4 Å². The van der Waals surface area contributed by atoms with Gasteiger partial charge in [0.25, 0.3) is 0 Å². The van der Waals surface area contributed by atoms with Gasteiger partial charge < -0.3 is 9.52 Å². The van der Waals surface area contributed by atoms with Gasteiger partial charge >= 0.3 is 0 Å². The summed E-state index contributed by atoms with van der Waals surface area (Å²) in [6, 6.07) is 12.2. The van der Waals surface area contributed by atoms with Crippen molar-refractivity contribution < 1.29 is 13.9 Å². The second kappa shape index (κ2) is 5.27. The third-order valence-electron chi connectivity index (χ3n) is 3.31. The van der Waals surface area contributed by atoms with Gasteiger partial charge in [-0.3, -0.25) is 0 Å². The molecule has 0 saturated heterocycles. The van der Waals surface area contributed by atoms with Gasteiger partial charge in [0, 0.05) is 17.4 Å². The number of hydrogen-bond acceptors (Lipinski definition) is 2. The van der Waals surface area contributed by atoms with Gasteiger partial charge in [0.15, 0.2) is 0 Å². The number of furan rings is 1. The van der Waals surface area contributed by atoms with Gasteiger partial charge in [0.2, 0.25) is 0 Å². The van der Waals surface area contributed by atoms with Crippen molar-refractivity contribution in [2.75, 3.05) is 0 Å². The third kappa shape index (κ3) is 2.30. The van der Waals surface area contributed by atoms with Gasteiger partial charge in [-0.2, -0.15) is 0 Å². The highest BCUT2D eigenvalue weighted by molar-refractivity contribution is 6.30. The molecule has 102 valence electrons. The number of fused-ring (bicyclic) bond motifs is 1. The molecule has 3 aromatic rings. The molecule has 1 aromatic heterocycles. The molecule has 0 radical (unpaired) electrons. The van der Waals surface area contributed by atoms with E-state index < -0.39 is 11.9 Å². The topological polar surface area (TPSA) is 33.4 Å². The quantitative estimate of drug-likeness (QED) is 0.770. The normalized spacial score (nSPS) is 12.8. The Morgan fingerprint density at radius 1 is 1.15 bits per heavy atom. The SMILES string of the molecule is OC(Cc1cccc(Cl)c1F)c1coc2ccccc12. The van der Waals surface area contributed by atoms with Gasteiger partial charge in [-0.15, -0.1) is 0 Å². The van der Waals surface area contributed by atoms with E-state index in [1.807, 2.05) is 24.3 Å². The van der Waals surface area contributed by atoms with Gasteiger partial charge in [-0.05, 0) is 17.7 Å². The fraction of sp³-hybridized carbons (Fsp3) is 0.125. The van der Waals surface area contributed by atoms with E-state index >= 15 is 0 Å². The van der Waals surface area contributed by atoms with Crippen LogP contribution in [0.2, 0.25) is 5.02 Å². The van der Waals surface area contributed by atoms with E-state index in [0.717, 1.165) is 5.39 Å². The maximum atomic E-state index is 13.9. The van der Waals surface area contributed by atoms with E-state index in [4.69, 9.17) is 16.0 Å². The van der Waals surface area contributed by atoms with Crippen LogP contribution in [0, 0.1) is 5.82 Å². The first-order chi connectivity index (χ1) is 9.66. The van der Waals surface area contributed by atoms with Crippen molar-refractivity contribution in [1.29, 1.82) is 0 Å². The molecule has 20 heavy (non-hydrogen) atoms. The predicted molar refractivity (Wildman–Crippen MR) is 76.3 cm³/mol. The summed E-state index contributed by atoms with van der Waals surface area (Å²) in [5.74, 6) is -0.485. The smallest absolute Gasteiger partial charge is 0.145 e. The fourth-order valence-corrected chi connectivity index (χ4v) is 2.47. The molecule has 4 heteroatoms. The Kier molecular flexibility index (Phi) is 3.47. The van der Waals surface area contributed by atoms with E-state index in [0.29, 0.717) is 16.7 Å². The lowest BCUT2D eigenvalue weighted by Crippen LogP contribution is -2.03. The Balaban J connectivity index is 1.93. The zero-order valence-corrected chi connectivity index (χ0v) is 11.3. The Morgan fingerprint density at radius 2 is 1.95 bits per heavy atom. The summed E-state index contributed by atoms with van der Waals surface area (Å²) in [5, 5.41) is 11.2. The van der Waals surface area contributed by atoms with E-state index in [9.17, 15) is 9.50 Å². The van der Waals surface area contributed by atoms with Crippen LogP contribution in [0.1, 0.15) is 17.2 Å². The standard InChI is InChI=1S/C16H12ClFO2/c17-13-6-3-4-10(16(13)18)8-14(19)12-9-20-15-7-2-1-5-11(12)15/h1-7,9,14,19H,8H2. The van der Waals surface area contributed by atoms with E-state index in [1.165, 1.54) is 12.3 Å². The molecule has 2 aromatic carbocycles. The Morgan fingerprint density at radius 3 is 2.80 bits per heavy atom. The number of benzene rings is 2. The summed E-state index contributed by atoms with van der Waals surface area (Å²) in [6.07, 6.45) is 0.819. The van der Waals surface area contributed by atoms with Crippen molar-refractivity contribution in [3.05, 3.63) is 70.7 Å². The number of aliphatic hydroxyl groups is 1. The lowest BCUT2D eigenvalue weighted by Gasteiger charge is -2.10. The molecule has 0 aliphatic carbocycles. The molecule has 0 aliphatic rings. The predicted octanol–water partition coefficient (Wildman–Crippen LogP) is 4.50. The monoisotopic (exact) mass is 290 g/mol. The molecule has 1 unspecified atom stereocenters. The molecular weight excluding hydrogens is 279 g/mol. The van der Waals surface area contributed by atoms with Gasteiger partial charge in [-0.25, -0.2) is 4.39 Å². The molecule has 0 saturated carbocycles. The largest absolute Gasteiger partial charge is 0.464 e. The van der Waals surface area contributed by atoms with Crippen LogP contribution in [0.25, 0.3) is 11.0 Å². The molecule has 1 heterocycles. The summed E-state index contributed by atoms with van der Waals surface area (Å²) in [6.45, 7) is 0. The molecule has 0 amide bonds. The lowest BCUT2D eigenvalue weighted by molar-refractivity contribution is 0.177. The minimum absolute atomic E-state index is 0.0618. The Bertz CT molecular complexity index is 751. The number of halogens is 2. The maximum Gasteiger partial charge on any atom is 0.145 e. The van der Waals surface area contributed by atoms with Crippen molar-refractivity contribution in [3.63, 3.8) is 0 Å². The number of para-hydroxylation sites is 1. The van der Waals surface area contributed by atoms with Crippen molar-refractivity contribution in [2.24, 2.45) is 0 Å². The van der Waals surface area contributed by atoms with Gasteiger partial charge in [0.05, 0.1) is 17.4 Å². The van der Waals surface area contributed by atoms with Crippen LogP contribution in [0.3, 0.4) is 0 Å². The number of rotatable bonds is 3. The summed E-state index contributed by atoms with van der Waals surface area (Å²) in [7, 11) is 0. The summed E-state index contributed by atoms with van der Waals surface area (Å²) < 4.78 is 19.2. The van der Waals surface area contributed by atoms with Crippen LogP contribution in [-0.2, 0) is 6.42 Å². The first-order valence-electron chi connectivity index (χ1n) is 6.24. The summed E-state index contributed by atoms with van der Waals surface area (Å²) >= 11 is 5.74. The first-order valence-corrected chi connectivity index (χ1v) is 6.61. The molecule has 0 bridgehead atoms. The zero-order valence-electron chi connectivity index (χ0n) is 10.5. The van der Waals surface area contributed by atoms with Crippen molar-refractivity contribution >= 4 is 22.6 Å². The average Bonchev–Trinajstić information content (AvgIpc) is 2.88. The van der Waals surface area contributed by atoms with E-state index in [-0.39, 0.29) is 11.4 Å². The minimum Gasteiger partial charge on any atom is -0.464 e. The van der Waals surface area contributed by atoms with Crippen LogP contribution in [0.15, 0.2) is 53.1 Å². The van der Waals surface area contributed by atoms with Crippen LogP contribution in [-0.4, -0.2) is 5.11 Å². The number of hydrogen-bond donors (Lipinski definition) is 1. The second-order valence-electron chi connectivity index (χ2n) is 4.62. The summed E-state index contributed by atoms with van der Waals surface area (Å²) in [5.41, 5.74) is 1.74. The highest BCUT2D eigenvalue weighted by Crippen LogP contribution is 2.29. The molecule has 0 aliphatic heterocycles. The van der Waals surface area contributed by atoms with Crippen LogP contribution >= 0.6 is 11.6 Å².